The van der Waals surface area contributed by atoms with E-state index in [1.165, 1.54) is 28.4 Å². The Morgan fingerprint density at radius 1 is 0.824 bits per heavy atom. The molecular formula is C27H25NO6. The second kappa shape index (κ2) is 9.28. The Labute approximate surface area is 198 Å². The average molecular weight is 459 g/mol. The van der Waals surface area contributed by atoms with Gasteiger partial charge in [-0.2, -0.15) is 5.26 Å². The van der Waals surface area contributed by atoms with E-state index in [1.807, 2.05) is 36.4 Å². The summed E-state index contributed by atoms with van der Waals surface area (Å²) in [4.78, 5) is 0. The first-order valence-electron chi connectivity index (χ1n) is 10.6. The summed E-state index contributed by atoms with van der Waals surface area (Å²) in [5.74, 6) is 2.11. The van der Waals surface area contributed by atoms with Gasteiger partial charge in [0.1, 0.15) is 5.76 Å². The van der Waals surface area contributed by atoms with Gasteiger partial charge in [-0.1, -0.05) is 36.4 Å². The van der Waals surface area contributed by atoms with Crippen molar-refractivity contribution >= 4 is 5.76 Å². The molecular weight excluding hydrogens is 434 g/mol. The number of phenols is 1. The molecule has 0 radical (unpaired) electrons. The van der Waals surface area contributed by atoms with E-state index in [9.17, 15) is 10.4 Å². The van der Waals surface area contributed by atoms with Crippen LogP contribution in [0, 0.1) is 11.3 Å². The van der Waals surface area contributed by atoms with Crippen molar-refractivity contribution in [1.82, 2.24) is 0 Å². The van der Waals surface area contributed by atoms with Gasteiger partial charge in [-0.15, -0.1) is 0 Å². The minimum Gasteiger partial charge on any atom is -0.504 e. The molecule has 1 aliphatic rings. The minimum absolute atomic E-state index is 0.0397. The molecule has 7 heteroatoms. The van der Waals surface area contributed by atoms with Gasteiger partial charge in [-0.25, -0.2) is 0 Å². The van der Waals surface area contributed by atoms with Gasteiger partial charge in [0, 0.05) is 23.1 Å². The standard InChI is InChI=1S/C27H25NO6/c1-30-22-11-10-19(12-21(22)29)27(20-13-23(31-2)26(33-4)24(14-20)32-3)15-18(16-28)25(34-27)17-8-6-5-7-9-17/h5-14,29H,15H2,1-4H3/t27-/m0/s1. The topological polar surface area (TPSA) is 90.2 Å². The Kier molecular flexibility index (Phi) is 6.24. The number of benzene rings is 3. The van der Waals surface area contributed by atoms with E-state index in [2.05, 4.69) is 6.07 Å². The fourth-order valence-corrected chi connectivity index (χ4v) is 4.26. The predicted octanol–water partition coefficient (Wildman–Crippen LogP) is 5.03. The van der Waals surface area contributed by atoms with Gasteiger partial charge in [0.15, 0.2) is 28.6 Å². The van der Waals surface area contributed by atoms with Gasteiger partial charge < -0.3 is 28.8 Å². The van der Waals surface area contributed by atoms with Crippen molar-refractivity contribution in [3.8, 4) is 34.8 Å². The number of hydrogen-bond donors (Lipinski definition) is 1. The molecule has 1 aliphatic heterocycles. The summed E-state index contributed by atoms with van der Waals surface area (Å²) in [5.41, 5.74) is 1.43. The van der Waals surface area contributed by atoms with Crippen LogP contribution in [0.4, 0.5) is 0 Å². The number of ether oxygens (including phenoxy) is 5. The number of nitrogens with zero attached hydrogens (tertiary/aromatic N) is 1. The van der Waals surface area contributed by atoms with Crippen molar-refractivity contribution in [2.75, 3.05) is 28.4 Å². The van der Waals surface area contributed by atoms with Crippen LogP contribution in [0.15, 0.2) is 66.2 Å². The molecule has 0 saturated heterocycles. The Morgan fingerprint density at radius 2 is 1.47 bits per heavy atom. The third-order valence-corrected chi connectivity index (χ3v) is 5.92. The minimum atomic E-state index is -1.15. The number of rotatable bonds is 7. The second-order valence-corrected chi connectivity index (χ2v) is 7.69. The third-order valence-electron chi connectivity index (χ3n) is 5.92. The van der Waals surface area contributed by atoms with Gasteiger partial charge in [0.05, 0.1) is 40.1 Å². The number of aromatic hydroxyl groups is 1. The molecule has 7 nitrogen and oxygen atoms in total. The Balaban J connectivity index is 1.97. The van der Waals surface area contributed by atoms with Crippen LogP contribution in [0.3, 0.4) is 0 Å². The highest BCUT2D eigenvalue weighted by molar-refractivity contribution is 5.72. The maximum atomic E-state index is 10.6. The monoisotopic (exact) mass is 459 g/mol. The van der Waals surface area contributed by atoms with Crippen molar-refractivity contribution in [1.29, 1.82) is 5.26 Å². The Hall–Kier alpha value is -4.31. The highest BCUT2D eigenvalue weighted by atomic mass is 16.5. The largest absolute Gasteiger partial charge is 0.504 e. The van der Waals surface area contributed by atoms with Crippen molar-refractivity contribution in [3.05, 3.63) is 82.9 Å². The van der Waals surface area contributed by atoms with Gasteiger partial charge >= 0.3 is 0 Å². The van der Waals surface area contributed by atoms with E-state index in [-0.39, 0.29) is 12.2 Å². The number of nitriles is 1. The normalized spacial score (nSPS) is 17.0. The summed E-state index contributed by atoms with van der Waals surface area (Å²) < 4.78 is 28.5. The molecule has 1 N–H and O–H groups in total. The maximum Gasteiger partial charge on any atom is 0.203 e. The summed E-state index contributed by atoms with van der Waals surface area (Å²) in [6.45, 7) is 0. The highest BCUT2D eigenvalue weighted by Gasteiger charge is 2.46. The lowest BCUT2D eigenvalue weighted by Crippen LogP contribution is -2.27. The van der Waals surface area contributed by atoms with Crippen LogP contribution in [0.2, 0.25) is 0 Å². The zero-order valence-electron chi connectivity index (χ0n) is 19.4. The zero-order chi connectivity index (χ0) is 24.3. The molecule has 0 unspecified atom stereocenters. The van der Waals surface area contributed by atoms with Crippen LogP contribution in [0.5, 0.6) is 28.7 Å². The number of phenolic OH excluding ortho intramolecular Hbond substituents is 1. The molecule has 0 bridgehead atoms. The summed E-state index contributed by atoms with van der Waals surface area (Å²) in [6.07, 6.45) is 0.234. The second-order valence-electron chi connectivity index (χ2n) is 7.69. The van der Waals surface area contributed by atoms with E-state index in [0.717, 1.165) is 5.56 Å². The van der Waals surface area contributed by atoms with E-state index < -0.39 is 5.60 Å². The zero-order valence-corrected chi connectivity index (χ0v) is 19.4. The van der Waals surface area contributed by atoms with E-state index in [0.29, 0.717) is 45.5 Å². The lowest BCUT2D eigenvalue weighted by molar-refractivity contribution is 0.0995. The molecule has 0 aromatic heterocycles. The molecule has 3 aromatic carbocycles. The SMILES string of the molecule is COc1ccc([C@]2(c3cc(OC)c(OC)c(OC)c3)CC(C#N)=C(c3ccccc3)O2)cc1O. The summed E-state index contributed by atoms with van der Waals surface area (Å²) in [7, 11) is 6.10. The van der Waals surface area contributed by atoms with Crippen LogP contribution < -0.4 is 18.9 Å². The average Bonchev–Trinajstić information content (AvgIpc) is 3.29. The fourth-order valence-electron chi connectivity index (χ4n) is 4.26. The first-order valence-corrected chi connectivity index (χ1v) is 10.6. The first-order chi connectivity index (χ1) is 16.5. The van der Waals surface area contributed by atoms with Crippen molar-refractivity contribution < 1.29 is 28.8 Å². The molecule has 0 spiro atoms. The highest BCUT2D eigenvalue weighted by Crippen LogP contribution is 2.53. The summed E-state index contributed by atoms with van der Waals surface area (Å²) in [5, 5.41) is 20.6. The summed E-state index contributed by atoms with van der Waals surface area (Å²) in [6, 6.07) is 20.4. The van der Waals surface area contributed by atoms with Crippen LogP contribution >= 0.6 is 0 Å². The molecule has 1 atom stereocenters. The van der Waals surface area contributed by atoms with Crippen molar-refractivity contribution in [2.24, 2.45) is 0 Å². The third kappa shape index (κ3) is 3.73. The maximum absolute atomic E-state index is 10.6. The van der Waals surface area contributed by atoms with Crippen molar-refractivity contribution in [3.63, 3.8) is 0 Å². The van der Waals surface area contributed by atoms with E-state index >= 15 is 0 Å². The quantitative estimate of drug-likeness (QED) is 0.530. The molecule has 0 saturated carbocycles. The molecule has 0 fully saturated rings. The van der Waals surface area contributed by atoms with Crippen LogP contribution in [0.25, 0.3) is 5.76 Å². The molecule has 34 heavy (non-hydrogen) atoms. The smallest absolute Gasteiger partial charge is 0.203 e. The summed E-state index contributed by atoms with van der Waals surface area (Å²) >= 11 is 0. The Morgan fingerprint density at radius 3 is 2.00 bits per heavy atom. The van der Waals surface area contributed by atoms with Gasteiger partial charge in [-0.3, -0.25) is 0 Å². The lowest BCUT2D eigenvalue weighted by atomic mass is 9.82. The molecule has 174 valence electrons. The van der Waals surface area contributed by atoms with Gasteiger partial charge in [0.25, 0.3) is 0 Å². The molecule has 3 aromatic rings. The number of hydrogen-bond acceptors (Lipinski definition) is 7. The molecule has 4 rings (SSSR count). The van der Waals surface area contributed by atoms with Crippen LogP contribution in [-0.4, -0.2) is 33.5 Å². The predicted molar refractivity (Wildman–Crippen MR) is 126 cm³/mol. The molecule has 1 heterocycles. The molecule has 0 amide bonds. The van der Waals surface area contributed by atoms with E-state index in [4.69, 9.17) is 23.7 Å². The Bertz CT molecular complexity index is 1250. The van der Waals surface area contributed by atoms with Crippen LogP contribution in [-0.2, 0) is 10.3 Å². The van der Waals surface area contributed by atoms with Crippen molar-refractivity contribution in [2.45, 2.75) is 12.0 Å². The van der Waals surface area contributed by atoms with Crippen LogP contribution in [0.1, 0.15) is 23.1 Å². The van der Waals surface area contributed by atoms with E-state index in [1.54, 1.807) is 24.3 Å². The lowest BCUT2D eigenvalue weighted by Gasteiger charge is -2.32. The van der Waals surface area contributed by atoms with Gasteiger partial charge in [-0.05, 0) is 24.3 Å². The fraction of sp³-hybridized carbons (Fsp3) is 0.222. The number of methoxy groups -OCH3 is 4. The van der Waals surface area contributed by atoms with Gasteiger partial charge in [0.2, 0.25) is 5.75 Å². The first kappa shape index (κ1) is 22.9. The molecule has 0 aliphatic carbocycles.